The maximum Gasteiger partial charge on any atom is 0.220 e. The summed E-state index contributed by atoms with van der Waals surface area (Å²) in [6.07, 6.45) is 1.59. The van der Waals surface area contributed by atoms with Crippen LogP contribution in [0.4, 0.5) is 0 Å². The van der Waals surface area contributed by atoms with Gasteiger partial charge in [-0.3, -0.25) is 9.59 Å². The predicted octanol–water partition coefficient (Wildman–Crippen LogP) is -0.813. The molecule has 4 nitrogen and oxygen atoms in total. The van der Waals surface area contributed by atoms with Crippen molar-refractivity contribution < 1.29 is 9.59 Å². The Hall–Kier alpha value is -1.06. The zero-order valence-corrected chi connectivity index (χ0v) is 5.83. The Morgan fingerprint density at radius 2 is 2.00 bits per heavy atom. The highest BCUT2D eigenvalue weighted by molar-refractivity contribution is 5.80. The molecule has 0 unspecified atom stereocenters. The SMILES string of the molecule is C[C@@H]([CH]CC(N)=O)C(N)=O. The van der Waals surface area contributed by atoms with Crippen LogP contribution in [-0.2, 0) is 9.59 Å². The minimum Gasteiger partial charge on any atom is -0.370 e. The first-order valence-corrected chi connectivity index (χ1v) is 2.95. The van der Waals surface area contributed by atoms with Crippen LogP contribution in [0.15, 0.2) is 0 Å². The second-order valence-electron chi connectivity index (χ2n) is 2.10. The van der Waals surface area contributed by atoms with Gasteiger partial charge in [-0.05, 0) is 6.42 Å². The van der Waals surface area contributed by atoms with E-state index in [1.807, 2.05) is 0 Å². The lowest BCUT2D eigenvalue weighted by molar-refractivity contribution is -0.120. The lowest BCUT2D eigenvalue weighted by Crippen LogP contribution is -2.23. The first-order valence-electron chi connectivity index (χ1n) is 2.95. The van der Waals surface area contributed by atoms with Gasteiger partial charge >= 0.3 is 0 Å². The molecule has 0 heterocycles. The third-order valence-corrected chi connectivity index (χ3v) is 1.12. The smallest absolute Gasteiger partial charge is 0.220 e. The van der Waals surface area contributed by atoms with Gasteiger partial charge < -0.3 is 11.5 Å². The van der Waals surface area contributed by atoms with Gasteiger partial charge in [0.1, 0.15) is 0 Å². The van der Waals surface area contributed by atoms with Crippen molar-refractivity contribution in [2.75, 3.05) is 0 Å². The van der Waals surface area contributed by atoms with Crippen LogP contribution in [0.1, 0.15) is 13.3 Å². The Bertz CT molecular complexity index is 145. The monoisotopic (exact) mass is 143 g/mol. The van der Waals surface area contributed by atoms with E-state index in [4.69, 9.17) is 11.5 Å². The molecule has 4 heteroatoms. The van der Waals surface area contributed by atoms with E-state index in [2.05, 4.69) is 0 Å². The Morgan fingerprint density at radius 3 is 2.30 bits per heavy atom. The van der Waals surface area contributed by atoms with E-state index in [-0.39, 0.29) is 12.3 Å². The van der Waals surface area contributed by atoms with Crippen molar-refractivity contribution in [2.45, 2.75) is 13.3 Å². The molecule has 0 aromatic rings. The highest BCUT2D eigenvalue weighted by Gasteiger charge is 2.09. The van der Waals surface area contributed by atoms with Gasteiger partial charge in [-0.2, -0.15) is 0 Å². The van der Waals surface area contributed by atoms with Gasteiger partial charge in [0.25, 0.3) is 0 Å². The Kier molecular flexibility index (Phi) is 3.46. The van der Waals surface area contributed by atoms with E-state index >= 15 is 0 Å². The Balaban J connectivity index is 3.49. The summed E-state index contributed by atoms with van der Waals surface area (Å²) >= 11 is 0. The van der Waals surface area contributed by atoms with Crippen LogP contribution in [0.5, 0.6) is 0 Å². The molecule has 0 aliphatic rings. The average molecular weight is 143 g/mol. The maximum atomic E-state index is 10.4. The maximum absolute atomic E-state index is 10.4. The van der Waals surface area contributed by atoms with Gasteiger partial charge in [0, 0.05) is 12.3 Å². The summed E-state index contributed by atoms with van der Waals surface area (Å²) < 4.78 is 0. The van der Waals surface area contributed by atoms with Gasteiger partial charge in [-0.25, -0.2) is 0 Å². The molecule has 0 bridgehead atoms. The molecule has 2 amide bonds. The topological polar surface area (TPSA) is 86.2 Å². The van der Waals surface area contributed by atoms with E-state index in [0.717, 1.165) is 0 Å². The largest absolute Gasteiger partial charge is 0.370 e. The number of nitrogens with two attached hydrogens (primary N) is 2. The molecule has 1 atom stereocenters. The van der Waals surface area contributed by atoms with Crippen molar-refractivity contribution >= 4 is 11.8 Å². The first kappa shape index (κ1) is 8.94. The molecule has 4 N–H and O–H groups in total. The van der Waals surface area contributed by atoms with E-state index < -0.39 is 11.8 Å². The van der Waals surface area contributed by atoms with Gasteiger partial charge in [0.15, 0.2) is 0 Å². The van der Waals surface area contributed by atoms with E-state index in [0.29, 0.717) is 0 Å². The van der Waals surface area contributed by atoms with Crippen LogP contribution in [0.2, 0.25) is 0 Å². The second-order valence-corrected chi connectivity index (χ2v) is 2.10. The fourth-order valence-electron chi connectivity index (χ4n) is 0.409. The van der Waals surface area contributed by atoms with Gasteiger partial charge in [0.2, 0.25) is 11.8 Å². The van der Waals surface area contributed by atoms with E-state index in [9.17, 15) is 9.59 Å². The molecule has 0 aromatic carbocycles. The molecule has 0 aliphatic carbocycles. The quantitative estimate of drug-likeness (QED) is 0.539. The van der Waals surface area contributed by atoms with Crippen LogP contribution in [0, 0.1) is 12.3 Å². The lowest BCUT2D eigenvalue weighted by atomic mass is 10.1. The van der Waals surface area contributed by atoms with Crippen molar-refractivity contribution in [3.63, 3.8) is 0 Å². The van der Waals surface area contributed by atoms with Crippen LogP contribution < -0.4 is 11.5 Å². The summed E-state index contributed by atoms with van der Waals surface area (Å²) in [5, 5.41) is 0. The van der Waals surface area contributed by atoms with E-state index in [1.165, 1.54) is 6.42 Å². The number of rotatable bonds is 4. The molecule has 1 radical (unpaired) electrons. The number of hydrogen-bond donors (Lipinski definition) is 2. The summed E-state index contributed by atoms with van der Waals surface area (Å²) in [5.41, 5.74) is 9.72. The van der Waals surface area contributed by atoms with Crippen LogP contribution in [0.3, 0.4) is 0 Å². The minimum absolute atomic E-state index is 0.101. The predicted molar refractivity (Wildman–Crippen MR) is 36.5 cm³/mol. The second kappa shape index (κ2) is 3.87. The van der Waals surface area contributed by atoms with Crippen LogP contribution in [0.25, 0.3) is 0 Å². The molecule has 0 fully saturated rings. The van der Waals surface area contributed by atoms with Gasteiger partial charge in [-0.15, -0.1) is 0 Å². The number of amides is 2. The summed E-state index contributed by atoms with van der Waals surface area (Å²) in [6.45, 7) is 1.62. The van der Waals surface area contributed by atoms with Gasteiger partial charge in [-0.1, -0.05) is 6.92 Å². The third-order valence-electron chi connectivity index (χ3n) is 1.12. The highest BCUT2D eigenvalue weighted by Crippen LogP contribution is 2.01. The number of hydrogen-bond acceptors (Lipinski definition) is 2. The van der Waals surface area contributed by atoms with Crippen molar-refractivity contribution in [1.29, 1.82) is 0 Å². The van der Waals surface area contributed by atoms with Gasteiger partial charge in [0.05, 0.1) is 0 Å². The fraction of sp³-hybridized carbons (Fsp3) is 0.500. The van der Waals surface area contributed by atoms with Crippen LogP contribution >= 0.6 is 0 Å². The molecule has 57 valence electrons. The Labute approximate surface area is 59.6 Å². The summed E-state index contributed by atoms with van der Waals surface area (Å²) in [4.78, 5) is 20.5. The number of carbonyl (C=O) groups is 2. The molecule has 0 aliphatic heterocycles. The number of primary amides is 2. The van der Waals surface area contributed by atoms with Crippen molar-refractivity contribution in [1.82, 2.24) is 0 Å². The van der Waals surface area contributed by atoms with Crippen molar-refractivity contribution in [2.24, 2.45) is 17.4 Å². The molecular weight excluding hydrogens is 132 g/mol. The lowest BCUT2D eigenvalue weighted by Gasteiger charge is -2.02. The third kappa shape index (κ3) is 3.88. The molecule has 10 heavy (non-hydrogen) atoms. The molecule has 0 spiro atoms. The molecule has 0 aromatic heterocycles. The summed E-state index contributed by atoms with van der Waals surface area (Å²) in [6, 6.07) is 0. The fourth-order valence-corrected chi connectivity index (χ4v) is 0.409. The Morgan fingerprint density at radius 1 is 1.50 bits per heavy atom. The van der Waals surface area contributed by atoms with Crippen molar-refractivity contribution in [3.05, 3.63) is 6.42 Å². The normalized spacial score (nSPS) is 12.5. The first-order chi connectivity index (χ1) is 4.54. The molecular formula is C6H11N2O2. The summed E-state index contributed by atoms with van der Waals surface area (Å²) in [5.74, 6) is -1.28. The number of carbonyl (C=O) groups excluding carboxylic acids is 2. The average Bonchev–Trinajstić information content (AvgIpc) is 1.82. The molecule has 0 saturated heterocycles. The zero-order chi connectivity index (χ0) is 8.15. The highest BCUT2D eigenvalue weighted by atomic mass is 16.1. The standard InChI is InChI=1S/C6H11N2O2/c1-4(6(8)10)2-3-5(7)9/h2,4H,3H2,1H3,(H2,7,9)(H2,8,10)/t4-/m0/s1. The van der Waals surface area contributed by atoms with Crippen molar-refractivity contribution in [3.8, 4) is 0 Å². The molecule has 0 rings (SSSR count). The van der Waals surface area contributed by atoms with E-state index in [1.54, 1.807) is 6.92 Å². The zero-order valence-electron chi connectivity index (χ0n) is 5.83. The minimum atomic E-state index is -0.451. The molecule has 0 saturated carbocycles. The van der Waals surface area contributed by atoms with Crippen LogP contribution in [-0.4, -0.2) is 11.8 Å². The summed E-state index contributed by atoms with van der Waals surface area (Å²) in [7, 11) is 0.